The first-order valence-electron chi connectivity index (χ1n) is 6.15. The van der Waals surface area contributed by atoms with E-state index in [1.54, 1.807) is 6.20 Å². The molecule has 0 N–H and O–H groups in total. The van der Waals surface area contributed by atoms with Crippen LogP contribution in [0.4, 0.5) is 0 Å². The Hall–Kier alpha value is -0.880. The highest BCUT2D eigenvalue weighted by molar-refractivity contribution is 7.89. The van der Waals surface area contributed by atoms with E-state index in [9.17, 15) is 8.42 Å². The van der Waals surface area contributed by atoms with Crippen molar-refractivity contribution in [3.8, 4) is 0 Å². The molecule has 0 aromatic carbocycles. The van der Waals surface area contributed by atoms with Crippen molar-refractivity contribution in [3.63, 3.8) is 0 Å². The summed E-state index contributed by atoms with van der Waals surface area (Å²) >= 11 is 0. The molecular weight excluding hydrogens is 250 g/mol. The molecule has 1 heterocycles. The SMILES string of the molecule is CC(C)Cn1cc(S(=O)(=O)N(C)C)nc1C(C)C. The third-order valence-corrected chi connectivity index (χ3v) is 4.30. The minimum atomic E-state index is -3.45. The molecule has 0 unspecified atom stereocenters. The molecule has 0 radical (unpaired) electrons. The topological polar surface area (TPSA) is 55.2 Å². The van der Waals surface area contributed by atoms with Crippen LogP contribution in [0.3, 0.4) is 0 Å². The number of rotatable bonds is 5. The summed E-state index contributed by atoms with van der Waals surface area (Å²) in [4.78, 5) is 4.29. The molecule has 0 aliphatic carbocycles. The molecule has 0 spiro atoms. The van der Waals surface area contributed by atoms with Crippen molar-refractivity contribution >= 4 is 10.0 Å². The standard InChI is InChI=1S/C12H23N3O2S/c1-9(2)7-15-8-11(13-12(15)10(3)4)18(16,17)14(5)6/h8-10H,7H2,1-6H3. The summed E-state index contributed by atoms with van der Waals surface area (Å²) in [6.45, 7) is 9.02. The van der Waals surface area contributed by atoms with Gasteiger partial charge in [0.2, 0.25) is 0 Å². The Bertz CT molecular complexity index is 501. The van der Waals surface area contributed by atoms with Crippen LogP contribution in [0.2, 0.25) is 0 Å². The van der Waals surface area contributed by atoms with Gasteiger partial charge in [-0.05, 0) is 5.92 Å². The van der Waals surface area contributed by atoms with Gasteiger partial charge in [0.1, 0.15) is 5.82 Å². The van der Waals surface area contributed by atoms with E-state index in [-0.39, 0.29) is 10.9 Å². The van der Waals surface area contributed by atoms with Gasteiger partial charge in [-0.2, -0.15) is 0 Å². The molecule has 0 fully saturated rings. The van der Waals surface area contributed by atoms with E-state index in [4.69, 9.17) is 0 Å². The lowest BCUT2D eigenvalue weighted by molar-refractivity contribution is 0.497. The molecule has 1 aromatic heterocycles. The zero-order chi connectivity index (χ0) is 14.1. The predicted molar refractivity (Wildman–Crippen MR) is 72.0 cm³/mol. The molecular formula is C12H23N3O2S. The van der Waals surface area contributed by atoms with Crippen LogP contribution in [0.15, 0.2) is 11.2 Å². The normalized spacial score (nSPS) is 12.9. The minimum absolute atomic E-state index is 0.136. The lowest BCUT2D eigenvalue weighted by Gasteiger charge is -2.11. The van der Waals surface area contributed by atoms with Crippen LogP contribution >= 0.6 is 0 Å². The fourth-order valence-electron chi connectivity index (χ4n) is 1.72. The molecule has 0 atom stereocenters. The average molecular weight is 273 g/mol. The van der Waals surface area contributed by atoms with E-state index in [2.05, 4.69) is 18.8 Å². The largest absolute Gasteiger partial charge is 0.333 e. The van der Waals surface area contributed by atoms with Crippen LogP contribution in [-0.4, -0.2) is 36.4 Å². The van der Waals surface area contributed by atoms with Crippen LogP contribution in [0, 0.1) is 5.92 Å². The van der Waals surface area contributed by atoms with Crippen LogP contribution < -0.4 is 0 Å². The van der Waals surface area contributed by atoms with E-state index in [0.29, 0.717) is 5.92 Å². The van der Waals surface area contributed by atoms with E-state index < -0.39 is 10.0 Å². The molecule has 0 aliphatic heterocycles. The molecule has 1 aromatic rings. The number of hydrogen-bond acceptors (Lipinski definition) is 3. The molecule has 0 bridgehead atoms. The zero-order valence-corrected chi connectivity index (χ0v) is 12.8. The van der Waals surface area contributed by atoms with Gasteiger partial charge < -0.3 is 4.57 Å². The summed E-state index contributed by atoms with van der Waals surface area (Å²) in [7, 11) is -0.407. The molecule has 0 saturated heterocycles. The van der Waals surface area contributed by atoms with Gasteiger partial charge in [0.15, 0.2) is 5.03 Å². The van der Waals surface area contributed by atoms with Gasteiger partial charge in [0.05, 0.1) is 0 Å². The quantitative estimate of drug-likeness (QED) is 0.823. The fraction of sp³-hybridized carbons (Fsp3) is 0.750. The summed E-state index contributed by atoms with van der Waals surface area (Å²) in [6, 6.07) is 0. The third-order valence-electron chi connectivity index (χ3n) is 2.61. The molecule has 0 saturated carbocycles. The van der Waals surface area contributed by atoms with Crippen LogP contribution in [0.5, 0.6) is 0 Å². The van der Waals surface area contributed by atoms with Crippen molar-refractivity contribution in [2.45, 2.75) is 45.2 Å². The van der Waals surface area contributed by atoms with Crippen molar-refractivity contribution in [1.29, 1.82) is 0 Å². The maximum Gasteiger partial charge on any atom is 0.261 e. The highest BCUT2D eigenvalue weighted by Crippen LogP contribution is 2.20. The minimum Gasteiger partial charge on any atom is -0.333 e. The van der Waals surface area contributed by atoms with Crippen molar-refractivity contribution in [3.05, 3.63) is 12.0 Å². The van der Waals surface area contributed by atoms with E-state index >= 15 is 0 Å². The number of hydrogen-bond donors (Lipinski definition) is 0. The average Bonchev–Trinajstić information content (AvgIpc) is 2.60. The van der Waals surface area contributed by atoms with Gasteiger partial charge in [0.25, 0.3) is 10.0 Å². The second-order valence-corrected chi connectivity index (χ2v) is 7.52. The second kappa shape index (κ2) is 5.40. The van der Waals surface area contributed by atoms with Crippen LogP contribution in [0.1, 0.15) is 39.4 Å². The highest BCUT2D eigenvalue weighted by atomic mass is 32.2. The number of imidazole rings is 1. The summed E-state index contributed by atoms with van der Waals surface area (Å²) in [5, 5.41) is 0.136. The van der Waals surface area contributed by atoms with Gasteiger partial charge >= 0.3 is 0 Å². The van der Waals surface area contributed by atoms with Gasteiger partial charge in [-0.15, -0.1) is 0 Å². The molecule has 1 rings (SSSR count). The first-order valence-corrected chi connectivity index (χ1v) is 7.59. The van der Waals surface area contributed by atoms with Crippen molar-refractivity contribution < 1.29 is 8.42 Å². The number of aromatic nitrogens is 2. The Morgan fingerprint density at radius 3 is 2.22 bits per heavy atom. The molecule has 18 heavy (non-hydrogen) atoms. The third kappa shape index (κ3) is 3.11. The van der Waals surface area contributed by atoms with Crippen molar-refractivity contribution in [1.82, 2.24) is 13.9 Å². The van der Waals surface area contributed by atoms with E-state index in [1.165, 1.54) is 18.4 Å². The predicted octanol–water partition coefficient (Wildman–Crippen LogP) is 1.91. The second-order valence-electron chi connectivity index (χ2n) is 5.43. The summed E-state index contributed by atoms with van der Waals surface area (Å²) in [6.07, 6.45) is 1.64. The van der Waals surface area contributed by atoms with E-state index in [0.717, 1.165) is 12.4 Å². The van der Waals surface area contributed by atoms with Gasteiger partial charge in [-0.1, -0.05) is 27.7 Å². The first kappa shape index (κ1) is 15.2. The monoisotopic (exact) mass is 273 g/mol. The Morgan fingerprint density at radius 2 is 1.83 bits per heavy atom. The lowest BCUT2D eigenvalue weighted by atomic mass is 10.2. The smallest absolute Gasteiger partial charge is 0.261 e. The highest BCUT2D eigenvalue weighted by Gasteiger charge is 2.23. The lowest BCUT2D eigenvalue weighted by Crippen LogP contribution is -2.22. The Morgan fingerprint density at radius 1 is 1.28 bits per heavy atom. The van der Waals surface area contributed by atoms with Crippen LogP contribution in [0.25, 0.3) is 0 Å². The van der Waals surface area contributed by atoms with Crippen molar-refractivity contribution in [2.75, 3.05) is 14.1 Å². The van der Waals surface area contributed by atoms with E-state index in [1.807, 2.05) is 18.4 Å². The maximum atomic E-state index is 12.1. The maximum absolute atomic E-state index is 12.1. The van der Waals surface area contributed by atoms with Crippen molar-refractivity contribution in [2.24, 2.45) is 5.92 Å². The summed E-state index contributed by atoms with van der Waals surface area (Å²) < 4.78 is 27.3. The summed E-state index contributed by atoms with van der Waals surface area (Å²) in [5.41, 5.74) is 0. The first-order chi connectivity index (χ1) is 8.16. The molecule has 104 valence electrons. The van der Waals surface area contributed by atoms with Gasteiger partial charge in [-0.3, -0.25) is 0 Å². The molecule has 6 heteroatoms. The Labute approximate surface area is 110 Å². The molecule has 5 nitrogen and oxygen atoms in total. The van der Waals surface area contributed by atoms with Gasteiger partial charge in [-0.25, -0.2) is 17.7 Å². The fourth-order valence-corrected chi connectivity index (χ4v) is 2.56. The zero-order valence-electron chi connectivity index (χ0n) is 12.0. The number of nitrogens with zero attached hydrogens (tertiary/aromatic N) is 3. The van der Waals surface area contributed by atoms with Crippen LogP contribution in [-0.2, 0) is 16.6 Å². The summed E-state index contributed by atoms with van der Waals surface area (Å²) in [5.74, 6) is 1.48. The Balaban J connectivity index is 3.26. The molecule has 0 aliphatic rings. The number of sulfonamides is 1. The van der Waals surface area contributed by atoms with Gasteiger partial charge in [0, 0.05) is 32.8 Å². The molecule has 0 amide bonds. The Kier molecular flexibility index (Phi) is 4.55.